The Morgan fingerprint density at radius 3 is 2.67 bits per heavy atom. The summed E-state index contributed by atoms with van der Waals surface area (Å²) in [6, 6.07) is 9.27. The van der Waals surface area contributed by atoms with Gasteiger partial charge in [0.1, 0.15) is 12.6 Å². The number of carbonyl (C=O) groups is 2. The standard InChI is InChI=1S/C20H23NO3/c22-19(17-12-15-8-9-16(17)11-15)21-10-4-7-18(21)20(23)24-13-14-5-2-1-3-6-14/h1-3,5-6,8-9,15-18H,4,7,10-13H2/t15-,16+,17-,18+/m1/s1. The molecule has 1 heterocycles. The zero-order valence-electron chi connectivity index (χ0n) is 13.8. The number of carbonyl (C=O) groups excluding carboxylic acids is 2. The van der Waals surface area contributed by atoms with Crippen LogP contribution in [0.4, 0.5) is 0 Å². The Bertz CT molecular complexity index is 654. The molecule has 1 amide bonds. The van der Waals surface area contributed by atoms with E-state index in [2.05, 4.69) is 12.2 Å². The molecule has 2 fully saturated rings. The summed E-state index contributed by atoms with van der Waals surface area (Å²) >= 11 is 0. The Hall–Kier alpha value is -2.10. The monoisotopic (exact) mass is 325 g/mol. The molecule has 0 radical (unpaired) electrons. The highest BCUT2D eigenvalue weighted by atomic mass is 16.5. The Labute approximate surface area is 142 Å². The zero-order valence-corrected chi connectivity index (χ0v) is 13.8. The molecule has 4 rings (SSSR count). The van der Waals surface area contributed by atoms with Crippen molar-refractivity contribution in [2.75, 3.05) is 6.54 Å². The van der Waals surface area contributed by atoms with Crippen LogP contribution in [0.3, 0.4) is 0 Å². The molecule has 1 aliphatic heterocycles. The number of ether oxygens (including phenoxy) is 1. The van der Waals surface area contributed by atoms with Gasteiger partial charge in [-0.1, -0.05) is 42.5 Å². The van der Waals surface area contributed by atoms with Crippen molar-refractivity contribution in [1.82, 2.24) is 4.90 Å². The smallest absolute Gasteiger partial charge is 0.329 e. The maximum Gasteiger partial charge on any atom is 0.329 e. The fraction of sp³-hybridized carbons (Fsp3) is 0.500. The Balaban J connectivity index is 1.38. The Morgan fingerprint density at radius 2 is 1.96 bits per heavy atom. The number of amides is 1. The van der Waals surface area contributed by atoms with Crippen LogP contribution in [0.2, 0.25) is 0 Å². The van der Waals surface area contributed by atoms with Crippen LogP contribution in [0.25, 0.3) is 0 Å². The van der Waals surface area contributed by atoms with Gasteiger partial charge in [-0.15, -0.1) is 0 Å². The van der Waals surface area contributed by atoms with Crippen LogP contribution in [0.1, 0.15) is 31.2 Å². The van der Waals surface area contributed by atoms with Gasteiger partial charge in [0.25, 0.3) is 0 Å². The average Bonchev–Trinajstić information content (AvgIpc) is 3.35. The molecule has 126 valence electrons. The van der Waals surface area contributed by atoms with Gasteiger partial charge in [0.2, 0.25) is 5.91 Å². The average molecular weight is 325 g/mol. The third-order valence-electron chi connectivity index (χ3n) is 5.63. The van der Waals surface area contributed by atoms with Crippen molar-refractivity contribution in [3.05, 3.63) is 48.0 Å². The number of likely N-dealkylation sites (tertiary alicyclic amines) is 1. The second kappa shape index (κ2) is 6.42. The van der Waals surface area contributed by atoms with Crippen LogP contribution in [0.15, 0.2) is 42.5 Å². The molecule has 1 aromatic carbocycles. The molecule has 0 N–H and O–H groups in total. The van der Waals surface area contributed by atoms with Gasteiger partial charge in [0, 0.05) is 12.5 Å². The molecule has 0 unspecified atom stereocenters. The van der Waals surface area contributed by atoms with Crippen LogP contribution in [-0.4, -0.2) is 29.4 Å². The second-order valence-electron chi connectivity index (χ2n) is 7.17. The summed E-state index contributed by atoms with van der Waals surface area (Å²) in [6.45, 7) is 0.955. The molecule has 4 heteroatoms. The largest absolute Gasteiger partial charge is 0.459 e. The maximum absolute atomic E-state index is 12.9. The van der Waals surface area contributed by atoms with E-state index in [-0.39, 0.29) is 24.4 Å². The van der Waals surface area contributed by atoms with E-state index >= 15 is 0 Å². The number of allylic oxidation sites excluding steroid dienone is 2. The summed E-state index contributed by atoms with van der Waals surface area (Å²) in [6.07, 6.45) is 8.08. The molecule has 1 saturated carbocycles. The van der Waals surface area contributed by atoms with E-state index in [9.17, 15) is 9.59 Å². The van der Waals surface area contributed by atoms with Gasteiger partial charge in [-0.3, -0.25) is 4.79 Å². The van der Waals surface area contributed by atoms with E-state index in [1.807, 2.05) is 30.3 Å². The maximum atomic E-state index is 12.9. The van der Waals surface area contributed by atoms with Crippen molar-refractivity contribution in [2.45, 2.75) is 38.3 Å². The van der Waals surface area contributed by atoms with Gasteiger partial charge in [-0.25, -0.2) is 4.79 Å². The normalized spacial score (nSPS) is 30.8. The summed E-state index contributed by atoms with van der Waals surface area (Å²) in [4.78, 5) is 27.2. The van der Waals surface area contributed by atoms with Gasteiger partial charge >= 0.3 is 5.97 Å². The number of hydrogen-bond donors (Lipinski definition) is 0. The molecule has 1 aromatic rings. The topological polar surface area (TPSA) is 46.6 Å². The van der Waals surface area contributed by atoms with Crippen molar-refractivity contribution in [3.8, 4) is 0 Å². The van der Waals surface area contributed by atoms with Crippen molar-refractivity contribution >= 4 is 11.9 Å². The Morgan fingerprint density at radius 1 is 1.12 bits per heavy atom. The SMILES string of the molecule is O=C(OCc1ccccc1)[C@@H]1CCCN1C(=O)[C@@H]1C[C@@H]2C=C[C@H]1C2. The van der Waals surface area contributed by atoms with E-state index in [1.165, 1.54) is 0 Å². The van der Waals surface area contributed by atoms with Crippen LogP contribution in [-0.2, 0) is 20.9 Å². The molecule has 1 saturated heterocycles. The van der Waals surface area contributed by atoms with Gasteiger partial charge in [0.05, 0.1) is 0 Å². The first-order chi connectivity index (χ1) is 11.7. The molecule has 2 bridgehead atoms. The summed E-state index contributed by atoms with van der Waals surface area (Å²) < 4.78 is 5.47. The summed E-state index contributed by atoms with van der Waals surface area (Å²) in [5.74, 6) is 0.913. The molecule has 0 aromatic heterocycles. The third kappa shape index (κ3) is 2.85. The molecule has 3 aliphatic rings. The van der Waals surface area contributed by atoms with Crippen molar-refractivity contribution in [3.63, 3.8) is 0 Å². The van der Waals surface area contributed by atoms with E-state index in [0.29, 0.717) is 18.4 Å². The molecule has 24 heavy (non-hydrogen) atoms. The lowest BCUT2D eigenvalue weighted by molar-refractivity contribution is -0.156. The van der Waals surface area contributed by atoms with E-state index in [4.69, 9.17) is 4.74 Å². The van der Waals surface area contributed by atoms with Gasteiger partial charge in [0.15, 0.2) is 0 Å². The first kappa shape index (κ1) is 15.4. The number of rotatable bonds is 4. The highest BCUT2D eigenvalue weighted by Gasteiger charge is 2.45. The first-order valence-electron chi connectivity index (χ1n) is 8.92. The van der Waals surface area contributed by atoms with Gasteiger partial charge < -0.3 is 9.64 Å². The van der Waals surface area contributed by atoms with E-state index in [1.54, 1.807) is 4.90 Å². The second-order valence-corrected chi connectivity index (χ2v) is 7.17. The van der Waals surface area contributed by atoms with Crippen molar-refractivity contribution < 1.29 is 14.3 Å². The molecule has 0 spiro atoms. The van der Waals surface area contributed by atoms with Gasteiger partial charge in [-0.05, 0) is 43.1 Å². The zero-order chi connectivity index (χ0) is 16.5. The molecular weight excluding hydrogens is 302 g/mol. The third-order valence-corrected chi connectivity index (χ3v) is 5.63. The summed E-state index contributed by atoms with van der Waals surface area (Å²) in [5.41, 5.74) is 0.972. The fourth-order valence-corrected chi connectivity index (χ4v) is 4.38. The predicted octanol–water partition coefficient (Wildman–Crippen LogP) is 2.93. The minimum absolute atomic E-state index is 0.0718. The quantitative estimate of drug-likeness (QED) is 0.632. The number of nitrogens with zero attached hydrogens (tertiary/aromatic N) is 1. The molecule has 4 atom stereocenters. The number of esters is 1. The van der Waals surface area contributed by atoms with E-state index in [0.717, 1.165) is 31.2 Å². The van der Waals surface area contributed by atoms with E-state index < -0.39 is 6.04 Å². The van der Waals surface area contributed by atoms with Crippen molar-refractivity contribution in [1.29, 1.82) is 0 Å². The highest BCUT2D eigenvalue weighted by molar-refractivity contribution is 5.87. The lowest BCUT2D eigenvalue weighted by Gasteiger charge is -2.28. The summed E-state index contributed by atoms with van der Waals surface area (Å²) in [7, 11) is 0. The molecule has 4 nitrogen and oxygen atoms in total. The lowest BCUT2D eigenvalue weighted by Crippen LogP contribution is -2.45. The number of fused-ring (bicyclic) bond motifs is 2. The highest BCUT2D eigenvalue weighted by Crippen LogP contribution is 2.44. The van der Waals surface area contributed by atoms with Crippen LogP contribution >= 0.6 is 0 Å². The fourth-order valence-electron chi connectivity index (χ4n) is 4.38. The first-order valence-corrected chi connectivity index (χ1v) is 8.92. The minimum Gasteiger partial charge on any atom is -0.459 e. The lowest BCUT2D eigenvalue weighted by atomic mass is 9.92. The minimum atomic E-state index is -0.399. The number of benzene rings is 1. The number of hydrogen-bond acceptors (Lipinski definition) is 3. The predicted molar refractivity (Wildman–Crippen MR) is 89.8 cm³/mol. The van der Waals surface area contributed by atoms with Crippen LogP contribution in [0.5, 0.6) is 0 Å². The van der Waals surface area contributed by atoms with Crippen LogP contribution < -0.4 is 0 Å². The van der Waals surface area contributed by atoms with Gasteiger partial charge in [-0.2, -0.15) is 0 Å². The molecular formula is C20H23NO3. The Kier molecular flexibility index (Phi) is 4.13. The summed E-state index contributed by atoms with van der Waals surface area (Å²) in [5, 5.41) is 0. The van der Waals surface area contributed by atoms with Crippen LogP contribution in [0, 0.1) is 17.8 Å². The van der Waals surface area contributed by atoms with Crippen molar-refractivity contribution in [2.24, 2.45) is 17.8 Å². The molecule has 2 aliphatic carbocycles.